The van der Waals surface area contributed by atoms with E-state index in [1.54, 1.807) is 0 Å². The molecule has 110 valence electrons. The standard InChI is InChI=1S/C17H24O3/c1-19-17(18)13-9-4-2-3-5-10-14-20-15-16-11-7-6-8-12-16/h6-9,11-13H,2-5,10,14-15H2,1H3/b13-9+. The van der Waals surface area contributed by atoms with Gasteiger partial charge in [-0.25, -0.2) is 4.79 Å². The van der Waals surface area contributed by atoms with Crippen LogP contribution in [0.3, 0.4) is 0 Å². The van der Waals surface area contributed by atoms with Crippen molar-refractivity contribution in [1.29, 1.82) is 0 Å². The number of ether oxygens (including phenoxy) is 2. The third kappa shape index (κ3) is 8.48. The lowest BCUT2D eigenvalue weighted by Crippen LogP contribution is -1.95. The van der Waals surface area contributed by atoms with E-state index in [0.29, 0.717) is 6.61 Å². The van der Waals surface area contributed by atoms with Crippen LogP contribution < -0.4 is 0 Å². The fraction of sp³-hybridized carbons (Fsp3) is 0.471. The summed E-state index contributed by atoms with van der Waals surface area (Å²) >= 11 is 0. The highest BCUT2D eigenvalue weighted by molar-refractivity contribution is 5.81. The van der Waals surface area contributed by atoms with Crippen LogP contribution in [0.25, 0.3) is 0 Å². The van der Waals surface area contributed by atoms with Gasteiger partial charge in [0.15, 0.2) is 0 Å². The zero-order valence-corrected chi connectivity index (χ0v) is 12.2. The Bertz CT molecular complexity index is 384. The molecule has 0 heterocycles. The average Bonchev–Trinajstić information content (AvgIpc) is 2.50. The number of carbonyl (C=O) groups is 1. The summed E-state index contributed by atoms with van der Waals surface area (Å²) in [6, 6.07) is 10.2. The minimum Gasteiger partial charge on any atom is -0.466 e. The number of benzene rings is 1. The van der Waals surface area contributed by atoms with Crippen molar-refractivity contribution in [3.8, 4) is 0 Å². The third-order valence-corrected chi connectivity index (χ3v) is 2.98. The Kier molecular flexibility index (Phi) is 9.24. The smallest absolute Gasteiger partial charge is 0.330 e. The number of methoxy groups -OCH3 is 1. The molecule has 0 spiro atoms. The van der Waals surface area contributed by atoms with Gasteiger partial charge in [0.25, 0.3) is 0 Å². The van der Waals surface area contributed by atoms with E-state index in [9.17, 15) is 4.79 Å². The fourth-order valence-electron chi connectivity index (χ4n) is 1.83. The lowest BCUT2D eigenvalue weighted by atomic mass is 10.1. The van der Waals surface area contributed by atoms with E-state index in [0.717, 1.165) is 25.9 Å². The Morgan fingerprint density at radius 3 is 2.60 bits per heavy atom. The molecule has 0 saturated heterocycles. The molecule has 1 rings (SSSR count). The first-order valence-electron chi connectivity index (χ1n) is 7.19. The van der Waals surface area contributed by atoms with E-state index in [1.807, 2.05) is 24.3 Å². The molecule has 3 nitrogen and oxygen atoms in total. The average molecular weight is 276 g/mol. The van der Waals surface area contributed by atoms with Crippen molar-refractivity contribution >= 4 is 5.97 Å². The molecule has 1 aromatic rings. The van der Waals surface area contributed by atoms with Crippen LogP contribution in [-0.2, 0) is 20.9 Å². The molecule has 3 heteroatoms. The summed E-state index contributed by atoms with van der Waals surface area (Å²) in [6.45, 7) is 1.51. The van der Waals surface area contributed by atoms with E-state index in [-0.39, 0.29) is 5.97 Å². The highest BCUT2D eigenvalue weighted by atomic mass is 16.5. The third-order valence-electron chi connectivity index (χ3n) is 2.98. The Balaban J connectivity index is 1.88. The quantitative estimate of drug-likeness (QED) is 0.369. The normalized spacial score (nSPS) is 10.8. The van der Waals surface area contributed by atoms with Crippen molar-refractivity contribution in [2.24, 2.45) is 0 Å². The number of carbonyl (C=O) groups excluding carboxylic acids is 1. The van der Waals surface area contributed by atoms with E-state index >= 15 is 0 Å². The topological polar surface area (TPSA) is 35.5 Å². The number of hydrogen-bond acceptors (Lipinski definition) is 3. The summed E-state index contributed by atoms with van der Waals surface area (Å²) in [7, 11) is 1.39. The van der Waals surface area contributed by atoms with Crippen molar-refractivity contribution in [2.45, 2.75) is 38.7 Å². The van der Waals surface area contributed by atoms with Gasteiger partial charge < -0.3 is 9.47 Å². The number of allylic oxidation sites excluding steroid dienone is 1. The summed E-state index contributed by atoms with van der Waals surface area (Å²) in [5.41, 5.74) is 1.22. The maximum atomic E-state index is 10.8. The minimum atomic E-state index is -0.278. The summed E-state index contributed by atoms with van der Waals surface area (Å²) < 4.78 is 10.1. The van der Waals surface area contributed by atoms with Gasteiger partial charge in [-0.3, -0.25) is 0 Å². The monoisotopic (exact) mass is 276 g/mol. The van der Waals surface area contributed by atoms with Crippen LogP contribution in [0, 0.1) is 0 Å². The highest BCUT2D eigenvalue weighted by Gasteiger charge is 1.93. The molecule has 0 aromatic heterocycles. The van der Waals surface area contributed by atoms with Crippen molar-refractivity contribution in [3.05, 3.63) is 48.0 Å². The van der Waals surface area contributed by atoms with Crippen LogP contribution in [0.2, 0.25) is 0 Å². The zero-order valence-electron chi connectivity index (χ0n) is 12.2. The van der Waals surface area contributed by atoms with Gasteiger partial charge in [-0.05, 0) is 24.8 Å². The summed E-state index contributed by atoms with van der Waals surface area (Å²) in [6.07, 6.45) is 8.82. The van der Waals surface area contributed by atoms with Gasteiger partial charge in [0, 0.05) is 12.7 Å². The second-order valence-corrected chi connectivity index (χ2v) is 4.67. The maximum Gasteiger partial charge on any atom is 0.330 e. The first-order valence-corrected chi connectivity index (χ1v) is 7.19. The molecule has 0 aliphatic carbocycles. The Hall–Kier alpha value is -1.61. The van der Waals surface area contributed by atoms with Crippen LogP contribution in [0.5, 0.6) is 0 Å². The highest BCUT2D eigenvalue weighted by Crippen LogP contribution is 2.06. The number of hydrogen-bond donors (Lipinski definition) is 0. The fourth-order valence-corrected chi connectivity index (χ4v) is 1.83. The van der Waals surface area contributed by atoms with Gasteiger partial charge in [0.2, 0.25) is 0 Å². The largest absolute Gasteiger partial charge is 0.466 e. The number of esters is 1. The molecular formula is C17H24O3. The van der Waals surface area contributed by atoms with Gasteiger partial charge >= 0.3 is 5.97 Å². The van der Waals surface area contributed by atoms with E-state index in [2.05, 4.69) is 16.9 Å². The zero-order chi connectivity index (χ0) is 14.5. The molecule has 20 heavy (non-hydrogen) atoms. The molecule has 0 aliphatic rings. The molecule has 0 aliphatic heterocycles. The predicted octanol–water partition coefficient (Wildman–Crippen LogP) is 3.88. The van der Waals surface area contributed by atoms with Gasteiger partial charge in [-0.15, -0.1) is 0 Å². The van der Waals surface area contributed by atoms with Crippen LogP contribution in [0.15, 0.2) is 42.5 Å². The van der Waals surface area contributed by atoms with Gasteiger partial charge in [0.1, 0.15) is 0 Å². The number of unbranched alkanes of at least 4 members (excludes halogenated alkanes) is 4. The molecule has 0 fully saturated rings. The molecule has 0 bridgehead atoms. The molecular weight excluding hydrogens is 252 g/mol. The molecule has 0 N–H and O–H groups in total. The first-order chi connectivity index (χ1) is 9.83. The molecule has 1 aromatic carbocycles. The van der Waals surface area contributed by atoms with Crippen LogP contribution in [-0.4, -0.2) is 19.7 Å². The van der Waals surface area contributed by atoms with E-state index in [1.165, 1.54) is 31.6 Å². The molecule has 0 unspecified atom stereocenters. The molecule has 0 saturated carbocycles. The van der Waals surface area contributed by atoms with Crippen molar-refractivity contribution < 1.29 is 14.3 Å². The van der Waals surface area contributed by atoms with E-state index < -0.39 is 0 Å². The Labute approximate surface area is 121 Å². The summed E-state index contributed by atoms with van der Waals surface area (Å²) in [5.74, 6) is -0.278. The summed E-state index contributed by atoms with van der Waals surface area (Å²) in [4.78, 5) is 10.8. The van der Waals surface area contributed by atoms with Crippen LogP contribution in [0.4, 0.5) is 0 Å². The van der Waals surface area contributed by atoms with Gasteiger partial charge in [0.05, 0.1) is 13.7 Å². The van der Waals surface area contributed by atoms with Crippen LogP contribution >= 0.6 is 0 Å². The van der Waals surface area contributed by atoms with E-state index in [4.69, 9.17) is 4.74 Å². The lowest BCUT2D eigenvalue weighted by Gasteiger charge is -2.04. The number of rotatable bonds is 10. The first kappa shape index (κ1) is 16.4. The summed E-state index contributed by atoms with van der Waals surface area (Å²) in [5, 5.41) is 0. The SMILES string of the molecule is COC(=O)/C=C/CCCCCCOCc1ccccc1. The lowest BCUT2D eigenvalue weighted by molar-refractivity contribution is -0.134. The Morgan fingerprint density at radius 1 is 1.10 bits per heavy atom. The molecule has 0 atom stereocenters. The Morgan fingerprint density at radius 2 is 1.85 bits per heavy atom. The maximum absolute atomic E-state index is 10.8. The molecule has 0 radical (unpaired) electrons. The van der Waals surface area contributed by atoms with Crippen molar-refractivity contribution in [3.63, 3.8) is 0 Å². The van der Waals surface area contributed by atoms with Crippen molar-refractivity contribution in [2.75, 3.05) is 13.7 Å². The van der Waals surface area contributed by atoms with Crippen LogP contribution in [0.1, 0.15) is 37.7 Å². The predicted molar refractivity (Wildman–Crippen MR) is 80.3 cm³/mol. The minimum absolute atomic E-state index is 0.278. The van der Waals surface area contributed by atoms with Gasteiger partial charge in [-0.2, -0.15) is 0 Å². The second kappa shape index (κ2) is 11.2. The second-order valence-electron chi connectivity index (χ2n) is 4.67. The van der Waals surface area contributed by atoms with Gasteiger partial charge in [-0.1, -0.05) is 49.2 Å². The van der Waals surface area contributed by atoms with Crippen molar-refractivity contribution in [1.82, 2.24) is 0 Å². The molecule has 0 amide bonds.